The summed E-state index contributed by atoms with van der Waals surface area (Å²) in [5.41, 5.74) is 1.34. The average Bonchev–Trinajstić information content (AvgIpc) is 3.10. The molecule has 3 rings (SSSR count). The number of carbonyl (C=O) groups is 1. The van der Waals surface area contributed by atoms with Gasteiger partial charge in [0.2, 0.25) is 0 Å². The molecule has 1 amide bonds. The molecule has 5 nitrogen and oxygen atoms in total. The first kappa shape index (κ1) is 17.4. The number of thiazole rings is 1. The van der Waals surface area contributed by atoms with E-state index in [0.29, 0.717) is 36.0 Å². The molecule has 0 fully saturated rings. The van der Waals surface area contributed by atoms with Crippen LogP contribution in [0.25, 0.3) is 0 Å². The van der Waals surface area contributed by atoms with Crippen LogP contribution in [0.5, 0.6) is 5.75 Å². The number of rotatable bonds is 7. The van der Waals surface area contributed by atoms with E-state index in [0.717, 1.165) is 10.7 Å². The Labute approximate surface area is 154 Å². The van der Waals surface area contributed by atoms with E-state index in [-0.39, 0.29) is 5.91 Å². The van der Waals surface area contributed by atoms with Crippen molar-refractivity contribution in [2.75, 3.05) is 6.54 Å². The first-order valence-corrected chi connectivity index (χ1v) is 8.97. The lowest BCUT2D eigenvalue weighted by atomic mass is 10.2. The van der Waals surface area contributed by atoms with Crippen molar-refractivity contribution >= 4 is 28.8 Å². The number of pyridine rings is 1. The Morgan fingerprint density at radius 1 is 1.24 bits per heavy atom. The van der Waals surface area contributed by atoms with Crippen LogP contribution >= 0.6 is 22.9 Å². The zero-order valence-corrected chi connectivity index (χ0v) is 14.9. The fraction of sp³-hybridized carbons (Fsp3) is 0.167. The minimum Gasteiger partial charge on any atom is -0.486 e. The van der Waals surface area contributed by atoms with Gasteiger partial charge in [0.15, 0.2) is 0 Å². The van der Waals surface area contributed by atoms with Gasteiger partial charge in [-0.15, -0.1) is 11.3 Å². The Morgan fingerprint density at radius 3 is 2.96 bits per heavy atom. The number of aromatic nitrogens is 2. The summed E-state index contributed by atoms with van der Waals surface area (Å²) >= 11 is 7.30. The van der Waals surface area contributed by atoms with Crippen LogP contribution in [0.2, 0.25) is 5.02 Å². The number of nitrogens with zero attached hydrogens (tertiary/aromatic N) is 2. The molecule has 0 aliphatic carbocycles. The lowest BCUT2D eigenvalue weighted by Crippen LogP contribution is -2.26. The maximum Gasteiger partial charge on any atom is 0.270 e. The number of halogens is 1. The topological polar surface area (TPSA) is 64.1 Å². The van der Waals surface area contributed by atoms with Gasteiger partial charge < -0.3 is 10.1 Å². The molecule has 1 aromatic carbocycles. The van der Waals surface area contributed by atoms with Crippen molar-refractivity contribution in [3.8, 4) is 5.75 Å². The summed E-state index contributed by atoms with van der Waals surface area (Å²) < 4.78 is 5.63. The van der Waals surface area contributed by atoms with E-state index in [2.05, 4.69) is 15.3 Å². The van der Waals surface area contributed by atoms with Gasteiger partial charge in [-0.2, -0.15) is 0 Å². The third kappa shape index (κ3) is 5.27. The average molecular weight is 374 g/mol. The van der Waals surface area contributed by atoms with E-state index >= 15 is 0 Å². The first-order valence-electron chi connectivity index (χ1n) is 7.71. The van der Waals surface area contributed by atoms with Crippen molar-refractivity contribution in [2.24, 2.45) is 0 Å². The molecule has 0 saturated heterocycles. The standard InChI is InChI=1S/C18H16ClN3O2S/c19-13-4-3-6-15(10-13)24-11-17-22-16(12-25-17)18(23)21-9-7-14-5-1-2-8-20-14/h1-6,8,10,12H,7,9,11H2,(H,21,23). The summed E-state index contributed by atoms with van der Waals surface area (Å²) in [5, 5.41) is 5.92. The predicted molar refractivity (Wildman–Crippen MR) is 98.2 cm³/mol. The number of nitrogens with one attached hydrogen (secondary N) is 1. The number of amides is 1. The second-order valence-corrected chi connectivity index (χ2v) is 6.58. The molecular weight excluding hydrogens is 358 g/mol. The highest BCUT2D eigenvalue weighted by Gasteiger charge is 2.11. The number of hydrogen-bond acceptors (Lipinski definition) is 5. The normalized spacial score (nSPS) is 10.4. The zero-order chi connectivity index (χ0) is 17.5. The van der Waals surface area contributed by atoms with E-state index in [4.69, 9.17) is 16.3 Å². The number of benzene rings is 1. The molecule has 7 heteroatoms. The fourth-order valence-corrected chi connectivity index (χ4v) is 2.99. The molecule has 2 heterocycles. The van der Waals surface area contributed by atoms with Crippen LogP contribution in [-0.2, 0) is 13.0 Å². The highest BCUT2D eigenvalue weighted by atomic mass is 35.5. The van der Waals surface area contributed by atoms with Crippen molar-refractivity contribution in [1.29, 1.82) is 0 Å². The summed E-state index contributed by atoms with van der Waals surface area (Å²) in [6.07, 6.45) is 2.42. The Morgan fingerprint density at radius 2 is 2.16 bits per heavy atom. The lowest BCUT2D eigenvalue weighted by molar-refractivity contribution is 0.0949. The Hall–Kier alpha value is -2.44. The third-order valence-corrected chi connectivity index (χ3v) is 4.39. The van der Waals surface area contributed by atoms with Gasteiger partial charge in [0.25, 0.3) is 5.91 Å². The number of hydrogen-bond donors (Lipinski definition) is 1. The quantitative estimate of drug-likeness (QED) is 0.685. The predicted octanol–water partition coefficient (Wildman–Crippen LogP) is 3.74. The molecule has 0 aliphatic rings. The largest absolute Gasteiger partial charge is 0.486 e. The van der Waals surface area contributed by atoms with Gasteiger partial charge in [0.1, 0.15) is 23.1 Å². The molecule has 0 radical (unpaired) electrons. The molecular formula is C18H16ClN3O2S. The molecule has 2 aromatic heterocycles. The smallest absolute Gasteiger partial charge is 0.270 e. The van der Waals surface area contributed by atoms with Gasteiger partial charge >= 0.3 is 0 Å². The maximum absolute atomic E-state index is 12.1. The lowest BCUT2D eigenvalue weighted by Gasteiger charge is -2.04. The van der Waals surface area contributed by atoms with Crippen molar-refractivity contribution in [2.45, 2.75) is 13.0 Å². The van der Waals surface area contributed by atoms with Gasteiger partial charge in [-0.25, -0.2) is 4.98 Å². The molecule has 3 aromatic rings. The van der Waals surface area contributed by atoms with Crippen LogP contribution in [0.1, 0.15) is 21.2 Å². The first-order chi connectivity index (χ1) is 12.2. The second kappa shape index (κ2) is 8.60. The van der Waals surface area contributed by atoms with Crippen molar-refractivity contribution in [1.82, 2.24) is 15.3 Å². The molecule has 0 spiro atoms. The minimum absolute atomic E-state index is 0.193. The summed E-state index contributed by atoms with van der Waals surface area (Å²) in [4.78, 5) is 20.6. The summed E-state index contributed by atoms with van der Waals surface area (Å²) in [7, 11) is 0. The molecule has 0 atom stereocenters. The molecule has 0 saturated carbocycles. The van der Waals surface area contributed by atoms with E-state index in [1.165, 1.54) is 11.3 Å². The maximum atomic E-state index is 12.1. The highest BCUT2D eigenvalue weighted by molar-refractivity contribution is 7.09. The van der Waals surface area contributed by atoms with Crippen molar-refractivity contribution in [3.63, 3.8) is 0 Å². The van der Waals surface area contributed by atoms with Crippen LogP contribution in [0.3, 0.4) is 0 Å². The van der Waals surface area contributed by atoms with E-state index in [9.17, 15) is 4.79 Å². The van der Waals surface area contributed by atoms with Crippen LogP contribution in [0, 0.1) is 0 Å². The van der Waals surface area contributed by atoms with E-state index in [1.54, 1.807) is 23.7 Å². The second-order valence-electron chi connectivity index (χ2n) is 5.20. The van der Waals surface area contributed by atoms with Crippen LogP contribution in [0.15, 0.2) is 54.0 Å². The van der Waals surface area contributed by atoms with E-state index < -0.39 is 0 Å². The monoisotopic (exact) mass is 373 g/mol. The minimum atomic E-state index is -0.193. The molecule has 25 heavy (non-hydrogen) atoms. The van der Waals surface area contributed by atoms with Gasteiger partial charge in [-0.1, -0.05) is 23.7 Å². The molecule has 0 bridgehead atoms. The molecule has 0 unspecified atom stereocenters. The van der Waals surface area contributed by atoms with Gasteiger partial charge in [-0.05, 0) is 30.3 Å². The van der Waals surface area contributed by atoms with Crippen LogP contribution in [0.4, 0.5) is 0 Å². The summed E-state index contributed by atoms with van der Waals surface area (Å²) in [6, 6.07) is 12.9. The highest BCUT2D eigenvalue weighted by Crippen LogP contribution is 2.19. The molecule has 128 valence electrons. The van der Waals surface area contributed by atoms with Gasteiger partial charge in [0, 0.05) is 35.3 Å². The number of ether oxygens (including phenoxy) is 1. The zero-order valence-electron chi connectivity index (χ0n) is 13.3. The van der Waals surface area contributed by atoms with E-state index in [1.807, 2.05) is 30.3 Å². The number of carbonyl (C=O) groups excluding carboxylic acids is 1. The van der Waals surface area contributed by atoms with Crippen LogP contribution in [-0.4, -0.2) is 22.4 Å². The Balaban J connectivity index is 1.48. The molecule has 1 N–H and O–H groups in total. The fourth-order valence-electron chi connectivity index (χ4n) is 2.12. The SMILES string of the molecule is O=C(NCCc1ccccn1)c1csc(COc2cccc(Cl)c2)n1. The van der Waals surface area contributed by atoms with Gasteiger partial charge in [0.05, 0.1) is 0 Å². The Kier molecular flexibility index (Phi) is 5.98. The van der Waals surface area contributed by atoms with Crippen molar-refractivity contribution in [3.05, 3.63) is 75.5 Å². The molecule has 0 aliphatic heterocycles. The van der Waals surface area contributed by atoms with Crippen molar-refractivity contribution < 1.29 is 9.53 Å². The van der Waals surface area contributed by atoms with Gasteiger partial charge in [-0.3, -0.25) is 9.78 Å². The Bertz CT molecular complexity index is 839. The third-order valence-electron chi connectivity index (χ3n) is 3.34. The summed E-state index contributed by atoms with van der Waals surface area (Å²) in [5.74, 6) is 0.477. The van der Waals surface area contributed by atoms with Crippen LogP contribution < -0.4 is 10.1 Å². The summed E-state index contributed by atoms with van der Waals surface area (Å²) in [6.45, 7) is 0.813.